The molecule has 1 unspecified atom stereocenters. The molecule has 0 aliphatic carbocycles. The molecule has 1 aliphatic heterocycles. The van der Waals surface area contributed by atoms with Gasteiger partial charge in [0, 0.05) is 13.5 Å². The van der Waals surface area contributed by atoms with Gasteiger partial charge < -0.3 is 9.47 Å². The van der Waals surface area contributed by atoms with Crippen LogP contribution in [0.15, 0.2) is 24.3 Å². The molecule has 1 saturated heterocycles. The zero-order valence-electron chi connectivity index (χ0n) is 14.3. The van der Waals surface area contributed by atoms with Crippen LogP contribution in [0.1, 0.15) is 13.3 Å². The van der Waals surface area contributed by atoms with Crippen LogP contribution in [0.2, 0.25) is 0 Å². The van der Waals surface area contributed by atoms with Gasteiger partial charge in [-0.2, -0.15) is 4.68 Å². The molecule has 0 saturated carbocycles. The lowest BCUT2D eigenvalue weighted by atomic mass is 10.2. The quantitative estimate of drug-likeness (QED) is 0.774. The summed E-state index contributed by atoms with van der Waals surface area (Å²) < 4.78 is 41.5. The minimum atomic E-state index is -2.94. The number of benzene rings is 1. The predicted molar refractivity (Wildman–Crippen MR) is 96.0 cm³/mol. The van der Waals surface area contributed by atoms with Gasteiger partial charge in [0.25, 0.3) is 0 Å². The Hall–Kier alpha value is -1.58. The van der Waals surface area contributed by atoms with Crippen LogP contribution < -0.4 is 4.90 Å². The molecule has 1 aliphatic rings. The van der Waals surface area contributed by atoms with Crippen molar-refractivity contribution in [1.29, 1.82) is 0 Å². The van der Waals surface area contributed by atoms with E-state index >= 15 is 0 Å². The van der Waals surface area contributed by atoms with Crippen molar-refractivity contribution in [3.63, 3.8) is 0 Å². The molecule has 1 N–H and O–H groups in total. The summed E-state index contributed by atoms with van der Waals surface area (Å²) in [5.41, 5.74) is 0.399. The molecule has 1 fully saturated rings. The van der Waals surface area contributed by atoms with Crippen molar-refractivity contribution in [2.45, 2.75) is 26.1 Å². The average Bonchev–Trinajstić information content (AvgIpc) is 3.07. The van der Waals surface area contributed by atoms with E-state index in [9.17, 15) is 12.8 Å². The Morgan fingerprint density at radius 1 is 1.40 bits per heavy atom. The molecular weight excluding hydrogens is 363 g/mol. The van der Waals surface area contributed by atoms with E-state index in [4.69, 9.17) is 12.2 Å². The first-order chi connectivity index (χ1) is 11.8. The van der Waals surface area contributed by atoms with Crippen molar-refractivity contribution in [2.75, 3.05) is 18.1 Å². The maximum Gasteiger partial charge on any atom is 0.202 e. The van der Waals surface area contributed by atoms with E-state index in [1.165, 1.54) is 6.07 Å². The van der Waals surface area contributed by atoms with Crippen molar-refractivity contribution < 1.29 is 17.7 Å². The fraction of sp³-hybridized carbons (Fsp3) is 0.500. The molecule has 6 nitrogen and oxygen atoms in total. The van der Waals surface area contributed by atoms with Crippen molar-refractivity contribution in [1.82, 2.24) is 14.3 Å². The first-order valence-corrected chi connectivity index (χ1v) is 10.5. The van der Waals surface area contributed by atoms with E-state index < -0.39 is 9.84 Å². The summed E-state index contributed by atoms with van der Waals surface area (Å²) in [6.07, 6.45) is 0.659. The normalized spacial score (nSPS) is 20.7. The van der Waals surface area contributed by atoms with Gasteiger partial charge in [-0.3, -0.25) is 0 Å². The second-order valence-electron chi connectivity index (χ2n) is 6.41. The number of hydrogen-bond donors (Lipinski definition) is 1. The smallest absolute Gasteiger partial charge is 0.202 e. The zero-order chi connectivity index (χ0) is 18.2. The molecule has 0 radical (unpaired) electrons. The highest BCUT2D eigenvalue weighted by Crippen LogP contribution is 2.20. The van der Waals surface area contributed by atoms with Crippen LogP contribution in [-0.2, 0) is 23.6 Å². The third kappa shape index (κ3) is 3.68. The van der Waals surface area contributed by atoms with Gasteiger partial charge in [-0.1, -0.05) is 12.1 Å². The summed E-state index contributed by atoms with van der Waals surface area (Å²) in [5.74, 6) is 0.572. The number of hydrogen-bond acceptors (Lipinski definition) is 4. The lowest BCUT2D eigenvalue weighted by molar-refractivity contribution is -0.943. The molecule has 0 bridgehead atoms. The number of quaternary nitrogens is 1. The van der Waals surface area contributed by atoms with Gasteiger partial charge in [-0.05, 0) is 31.3 Å². The topological polar surface area (TPSA) is 61.3 Å². The Balaban J connectivity index is 1.90. The van der Waals surface area contributed by atoms with Crippen LogP contribution in [0.25, 0.3) is 11.4 Å². The highest BCUT2D eigenvalue weighted by molar-refractivity contribution is 7.91. The third-order valence-corrected chi connectivity index (χ3v) is 7.02. The van der Waals surface area contributed by atoms with Gasteiger partial charge in [0.05, 0.1) is 17.9 Å². The molecule has 9 heteroatoms. The van der Waals surface area contributed by atoms with E-state index in [0.717, 1.165) is 11.4 Å². The predicted octanol–water partition coefficient (Wildman–Crippen LogP) is 0.807. The lowest BCUT2D eigenvalue weighted by Crippen LogP contribution is -3.15. The number of halogens is 1. The molecule has 0 amide bonds. The van der Waals surface area contributed by atoms with Gasteiger partial charge in [0.15, 0.2) is 22.3 Å². The summed E-state index contributed by atoms with van der Waals surface area (Å²) >= 11 is 5.45. The Kier molecular flexibility index (Phi) is 5.08. The van der Waals surface area contributed by atoms with Crippen LogP contribution in [0.5, 0.6) is 0 Å². The standard InChI is InChI=1S/C16H21FN4O2S2/c1-3-20(12-8-9-25(22,23)10-12)11-21-16(24)19(2)15(18-21)13-6-4-5-7-14(13)17/h4-7,12H,3,8-11H2,1-2H3/p+1/t12-/m0/s1. The fourth-order valence-electron chi connectivity index (χ4n) is 3.31. The maximum atomic E-state index is 14.1. The van der Waals surface area contributed by atoms with Crippen molar-refractivity contribution >= 4 is 22.1 Å². The van der Waals surface area contributed by atoms with Crippen LogP contribution in [0.4, 0.5) is 4.39 Å². The number of aromatic nitrogens is 3. The van der Waals surface area contributed by atoms with Crippen LogP contribution in [0.3, 0.4) is 0 Å². The molecule has 2 aromatic rings. The first-order valence-electron chi connectivity index (χ1n) is 8.26. The van der Waals surface area contributed by atoms with Gasteiger partial charge in [0.2, 0.25) is 4.77 Å². The molecule has 1 aromatic heterocycles. The minimum Gasteiger partial charge on any atom is -0.313 e. The van der Waals surface area contributed by atoms with Crippen molar-refractivity contribution in [2.24, 2.45) is 7.05 Å². The maximum absolute atomic E-state index is 14.1. The van der Waals surface area contributed by atoms with Gasteiger partial charge in [0.1, 0.15) is 17.6 Å². The summed E-state index contributed by atoms with van der Waals surface area (Å²) in [6.45, 7) is 3.26. The number of sulfone groups is 1. The van der Waals surface area contributed by atoms with Crippen LogP contribution in [0, 0.1) is 10.6 Å². The van der Waals surface area contributed by atoms with E-state index in [1.54, 1.807) is 34.5 Å². The largest absolute Gasteiger partial charge is 0.313 e. The van der Waals surface area contributed by atoms with E-state index in [0.29, 0.717) is 29.2 Å². The van der Waals surface area contributed by atoms with Gasteiger partial charge in [-0.25, -0.2) is 12.8 Å². The number of rotatable bonds is 5. The fourth-order valence-corrected chi connectivity index (χ4v) is 5.32. The summed E-state index contributed by atoms with van der Waals surface area (Å²) in [7, 11) is -1.17. The highest BCUT2D eigenvalue weighted by atomic mass is 32.2. The Morgan fingerprint density at radius 2 is 2.12 bits per heavy atom. The van der Waals surface area contributed by atoms with Crippen LogP contribution in [-0.4, -0.2) is 46.9 Å². The third-order valence-electron chi connectivity index (χ3n) is 4.77. The summed E-state index contributed by atoms with van der Waals surface area (Å²) in [4.78, 5) is 1.12. The molecule has 2 heterocycles. The Morgan fingerprint density at radius 3 is 2.72 bits per heavy atom. The Labute approximate surface area is 151 Å². The average molecular weight is 386 g/mol. The first kappa shape index (κ1) is 18.2. The molecular formula is C16H22FN4O2S2+. The molecule has 3 rings (SSSR count). The molecule has 1 aromatic carbocycles. The van der Waals surface area contributed by atoms with E-state index in [2.05, 4.69) is 5.10 Å². The summed E-state index contributed by atoms with van der Waals surface area (Å²) in [5, 5.41) is 4.50. The molecule has 25 heavy (non-hydrogen) atoms. The van der Waals surface area contributed by atoms with Crippen LogP contribution >= 0.6 is 12.2 Å². The van der Waals surface area contributed by atoms with Crippen molar-refractivity contribution in [3.05, 3.63) is 34.9 Å². The van der Waals surface area contributed by atoms with Gasteiger partial charge >= 0.3 is 0 Å². The van der Waals surface area contributed by atoms with E-state index in [1.807, 2.05) is 6.92 Å². The second kappa shape index (κ2) is 6.97. The number of nitrogens with zero attached hydrogens (tertiary/aromatic N) is 3. The van der Waals surface area contributed by atoms with E-state index in [-0.39, 0.29) is 23.4 Å². The Bertz CT molecular complexity index is 936. The van der Waals surface area contributed by atoms with Crippen molar-refractivity contribution in [3.8, 4) is 11.4 Å². The molecule has 2 atom stereocenters. The molecule has 0 spiro atoms. The number of nitrogens with one attached hydrogen (secondary N) is 1. The zero-order valence-corrected chi connectivity index (χ0v) is 15.9. The van der Waals surface area contributed by atoms with Gasteiger partial charge in [-0.15, -0.1) is 5.10 Å². The SMILES string of the molecule is CC[NH+](Cn1nc(-c2ccccc2F)n(C)c1=S)[C@H]1CCS(=O)(=O)C1. The highest BCUT2D eigenvalue weighted by Gasteiger charge is 2.35. The summed E-state index contributed by atoms with van der Waals surface area (Å²) in [6, 6.07) is 6.51. The second-order valence-corrected chi connectivity index (χ2v) is 9.01. The molecule has 136 valence electrons. The monoisotopic (exact) mass is 385 g/mol. The lowest BCUT2D eigenvalue weighted by Gasteiger charge is -2.22. The minimum absolute atomic E-state index is 0.0517.